The van der Waals surface area contributed by atoms with Crippen molar-refractivity contribution in [3.63, 3.8) is 0 Å². The first-order valence-electron chi connectivity index (χ1n) is 8.66. The van der Waals surface area contributed by atoms with Crippen molar-refractivity contribution < 1.29 is 22.7 Å². The molecule has 1 saturated carbocycles. The largest absolute Gasteiger partial charge is 0.419 e. The van der Waals surface area contributed by atoms with Crippen molar-refractivity contribution in [2.75, 3.05) is 0 Å². The van der Waals surface area contributed by atoms with Gasteiger partial charge in [-0.25, -0.2) is 14.1 Å². The quantitative estimate of drug-likeness (QED) is 0.664. The standard InChI is InChI=1S/C18H16F4N4O2/c1-8-23-16-14(17(28)24-8)13(7-27)25-26(16)15(9-2-3-9)10-4-5-11(12(19)6-10)18(20,21)22/h4-6,9,15,27H,2-3,7H2,1H3,(H,23,24,28)/t15-/m1/s1. The number of nitrogens with one attached hydrogen (secondary N) is 1. The summed E-state index contributed by atoms with van der Waals surface area (Å²) >= 11 is 0. The van der Waals surface area contributed by atoms with Gasteiger partial charge in [0, 0.05) is 0 Å². The maximum Gasteiger partial charge on any atom is 0.419 e. The van der Waals surface area contributed by atoms with Crippen LogP contribution < -0.4 is 5.56 Å². The number of fused-ring (bicyclic) bond motifs is 1. The highest BCUT2D eigenvalue weighted by molar-refractivity contribution is 5.77. The van der Waals surface area contributed by atoms with Crippen molar-refractivity contribution in [1.29, 1.82) is 0 Å². The first kappa shape index (κ1) is 18.6. The van der Waals surface area contributed by atoms with Crippen LogP contribution in [0, 0.1) is 18.7 Å². The molecule has 0 aliphatic heterocycles. The summed E-state index contributed by atoms with van der Waals surface area (Å²) < 4.78 is 54.2. The van der Waals surface area contributed by atoms with Crippen molar-refractivity contribution in [3.8, 4) is 0 Å². The fourth-order valence-electron chi connectivity index (χ4n) is 3.50. The van der Waals surface area contributed by atoms with E-state index in [1.54, 1.807) is 6.92 Å². The summed E-state index contributed by atoms with van der Waals surface area (Å²) in [6.45, 7) is 1.08. The van der Waals surface area contributed by atoms with Crippen LogP contribution in [0.1, 0.15) is 41.5 Å². The van der Waals surface area contributed by atoms with Crippen molar-refractivity contribution in [2.24, 2.45) is 5.92 Å². The average Bonchev–Trinajstić information content (AvgIpc) is 3.36. The van der Waals surface area contributed by atoms with Gasteiger partial charge in [-0.2, -0.15) is 18.3 Å². The van der Waals surface area contributed by atoms with E-state index < -0.39 is 35.8 Å². The second-order valence-corrected chi connectivity index (χ2v) is 6.92. The van der Waals surface area contributed by atoms with Gasteiger partial charge in [0.1, 0.15) is 22.7 Å². The van der Waals surface area contributed by atoms with Crippen molar-refractivity contribution in [3.05, 3.63) is 57.0 Å². The summed E-state index contributed by atoms with van der Waals surface area (Å²) in [5, 5.41) is 14.0. The van der Waals surface area contributed by atoms with E-state index in [-0.39, 0.29) is 22.6 Å². The second kappa shape index (κ2) is 6.40. The van der Waals surface area contributed by atoms with Crippen LogP contribution >= 0.6 is 0 Å². The van der Waals surface area contributed by atoms with Crippen LogP contribution in [0.3, 0.4) is 0 Å². The smallest absolute Gasteiger partial charge is 0.390 e. The van der Waals surface area contributed by atoms with E-state index in [9.17, 15) is 27.5 Å². The Balaban J connectivity index is 1.91. The minimum absolute atomic E-state index is 0.0205. The van der Waals surface area contributed by atoms with Gasteiger partial charge in [0.25, 0.3) is 5.56 Å². The highest BCUT2D eigenvalue weighted by atomic mass is 19.4. The lowest BCUT2D eigenvalue weighted by atomic mass is 10.0. The number of hydrogen-bond acceptors (Lipinski definition) is 4. The van der Waals surface area contributed by atoms with Crippen LogP contribution in [0.2, 0.25) is 0 Å². The molecule has 0 unspecified atom stereocenters. The molecule has 4 rings (SSSR count). The topological polar surface area (TPSA) is 83.8 Å². The molecule has 148 valence electrons. The molecule has 1 fully saturated rings. The lowest BCUT2D eigenvalue weighted by Gasteiger charge is -2.19. The summed E-state index contributed by atoms with van der Waals surface area (Å²) in [4.78, 5) is 19.1. The van der Waals surface area contributed by atoms with E-state index in [1.165, 1.54) is 10.7 Å². The van der Waals surface area contributed by atoms with E-state index in [4.69, 9.17) is 0 Å². The number of aliphatic hydroxyl groups is 1. The average molecular weight is 396 g/mol. The highest BCUT2D eigenvalue weighted by Crippen LogP contribution is 2.45. The highest BCUT2D eigenvalue weighted by Gasteiger charge is 2.39. The van der Waals surface area contributed by atoms with Crippen molar-refractivity contribution >= 4 is 11.0 Å². The molecule has 0 radical (unpaired) electrons. The molecule has 0 spiro atoms. The van der Waals surface area contributed by atoms with Crippen LogP contribution in [-0.2, 0) is 12.8 Å². The normalized spacial score (nSPS) is 15.9. The van der Waals surface area contributed by atoms with Gasteiger partial charge < -0.3 is 10.1 Å². The number of hydrogen-bond donors (Lipinski definition) is 2. The Hall–Kier alpha value is -2.75. The van der Waals surface area contributed by atoms with Gasteiger partial charge in [0.05, 0.1) is 18.2 Å². The Morgan fingerprint density at radius 3 is 2.64 bits per heavy atom. The molecule has 0 bridgehead atoms. The molecule has 10 heteroatoms. The Morgan fingerprint density at radius 2 is 2.07 bits per heavy atom. The fourth-order valence-corrected chi connectivity index (χ4v) is 3.50. The Kier molecular flexibility index (Phi) is 4.25. The van der Waals surface area contributed by atoms with Crippen LogP contribution in [0.5, 0.6) is 0 Å². The zero-order chi connectivity index (χ0) is 20.2. The number of alkyl halides is 3. The number of aliphatic hydroxyl groups excluding tert-OH is 1. The lowest BCUT2D eigenvalue weighted by molar-refractivity contribution is -0.140. The number of benzene rings is 1. The first-order valence-corrected chi connectivity index (χ1v) is 8.66. The summed E-state index contributed by atoms with van der Waals surface area (Å²) in [6.07, 6.45) is -3.22. The predicted molar refractivity (Wildman–Crippen MR) is 91.1 cm³/mol. The maximum absolute atomic E-state index is 14.2. The number of nitrogens with zero attached hydrogens (tertiary/aromatic N) is 3. The molecule has 0 saturated heterocycles. The van der Waals surface area contributed by atoms with Gasteiger partial charge >= 0.3 is 6.18 Å². The molecular weight excluding hydrogens is 380 g/mol. The molecule has 1 aromatic carbocycles. The first-order chi connectivity index (χ1) is 13.2. The number of aromatic nitrogens is 4. The Bertz CT molecular complexity index is 1120. The third-order valence-corrected chi connectivity index (χ3v) is 4.87. The number of halogens is 4. The number of aryl methyl sites for hydroxylation is 1. The molecule has 3 aromatic rings. The van der Waals surface area contributed by atoms with Gasteiger partial charge in [-0.1, -0.05) is 6.07 Å². The van der Waals surface area contributed by atoms with Crippen molar-refractivity contribution in [1.82, 2.24) is 19.7 Å². The van der Waals surface area contributed by atoms with E-state index in [1.807, 2.05) is 0 Å². The van der Waals surface area contributed by atoms with E-state index in [0.29, 0.717) is 17.5 Å². The molecule has 2 N–H and O–H groups in total. The van der Waals surface area contributed by atoms with Gasteiger partial charge in [0.15, 0.2) is 5.65 Å². The van der Waals surface area contributed by atoms with E-state index in [0.717, 1.165) is 18.9 Å². The molecule has 2 heterocycles. The third kappa shape index (κ3) is 3.07. The second-order valence-electron chi connectivity index (χ2n) is 6.92. The van der Waals surface area contributed by atoms with Gasteiger partial charge in [-0.15, -0.1) is 0 Å². The summed E-state index contributed by atoms with van der Waals surface area (Å²) in [7, 11) is 0. The summed E-state index contributed by atoms with van der Waals surface area (Å²) in [5.74, 6) is -1.01. The fraction of sp³-hybridized carbons (Fsp3) is 0.389. The maximum atomic E-state index is 14.2. The number of rotatable bonds is 4. The molecular formula is C18H16F4N4O2. The van der Waals surface area contributed by atoms with Crippen LogP contribution in [0.4, 0.5) is 17.6 Å². The minimum atomic E-state index is -4.79. The summed E-state index contributed by atoms with van der Waals surface area (Å²) in [6, 6.07) is 2.21. The van der Waals surface area contributed by atoms with Crippen LogP contribution in [0.25, 0.3) is 11.0 Å². The monoisotopic (exact) mass is 396 g/mol. The zero-order valence-corrected chi connectivity index (χ0v) is 14.7. The number of aromatic amines is 1. The molecule has 6 nitrogen and oxygen atoms in total. The number of H-pyrrole nitrogens is 1. The molecule has 1 atom stereocenters. The molecule has 1 aliphatic carbocycles. The van der Waals surface area contributed by atoms with Crippen LogP contribution in [0.15, 0.2) is 23.0 Å². The lowest BCUT2D eigenvalue weighted by Crippen LogP contribution is -2.18. The molecule has 0 amide bonds. The van der Waals surface area contributed by atoms with Gasteiger partial charge in [-0.05, 0) is 43.4 Å². The third-order valence-electron chi connectivity index (χ3n) is 4.87. The van der Waals surface area contributed by atoms with E-state index >= 15 is 0 Å². The van der Waals surface area contributed by atoms with Gasteiger partial charge in [-0.3, -0.25) is 4.79 Å². The Labute approximate surface area is 155 Å². The van der Waals surface area contributed by atoms with Gasteiger partial charge in [0.2, 0.25) is 0 Å². The Morgan fingerprint density at radius 1 is 1.36 bits per heavy atom. The molecule has 28 heavy (non-hydrogen) atoms. The van der Waals surface area contributed by atoms with Crippen LogP contribution in [-0.4, -0.2) is 24.9 Å². The zero-order valence-electron chi connectivity index (χ0n) is 14.7. The SMILES string of the molecule is Cc1nc2c(c(CO)nn2[C@@H](c2ccc(C(F)(F)F)c(F)c2)C2CC2)c(=O)[nH]1. The molecule has 1 aliphatic rings. The summed E-state index contributed by atoms with van der Waals surface area (Å²) in [5.41, 5.74) is -1.17. The minimum Gasteiger partial charge on any atom is -0.390 e. The molecule has 2 aromatic heterocycles. The predicted octanol–water partition coefficient (Wildman–Crippen LogP) is 3.08. The van der Waals surface area contributed by atoms with Crippen molar-refractivity contribution in [2.45, 2.75) is 38.6 Å². The van der Waals surface area contributed by atoms with E-state index in [2.05, 4.69) is 15.1 Å².